The van der Waals surface area contributed by atoms with Crippen molar-refractivity contribution in [1.29, 1.82) is 5.26 Å². The number of hydrogen-bond acceptors (Lipinski definition) is 26. The van der Waals surface area contributed by atoms with Crippen LogP contribution in [0.4, 0.5) is 17.6 Å². The Balaban J connectivity index is 0.000000375. The van der Waals surface area contributed by atoms with Crippen LogP contribution in [0.1, 0.15) is 243 Å². The molecule has 0 aliphatic carbocycles. The topological polar surface area (TPSA) is 416 Å². The second-order valence-corrected chi connectivity index (χ2v) is 75.5. The maximum absolute atomic E-state index is 16.5. The Morgan fingerprint density at radius 3 is 0.970 bits per heavy atom. The zero-order chi connectivity index (χ0) is 103. The van der Waals surface area contributed by atoms with E-state index in [1.807, 2.05) is 6.07 Å². The largest absolute Gasteiger partial charge is 0.460 e. The monoisotopic (exact) mass is 2280 g/mol. The van der Waals surface area contributed by atoms with E-state index in [0.717, 1.165) is 77.7 Å². The van der Waals surface area contributed by atoms with E-state index in [2.05, 4.69) is 189 Å². The molecule has 42 heteroatoms. The molecule has 7 rings (SSSR count). The van der Waals surface area contributed by atoms with Crippen LogP contribution in [0.15, 0.2) is 75.1 Å². The van der Waals surface area contributed by atoms with E-state index < -0.39 is 153 Å². The number of hydrogen-bond donors (Lipinski definition) is 6. The lowest BCUT2D eigenvalue weighted by molar-refractivity contribution is -0.154. The molecular weight excluding hydrogens is 2130 g/mol. The van der Waals surface area contributed by atoms with Crippen LogP contribution in [-0.4, -0.2) is 224 Å². The maximum Gasteiger partial charge on any atom is 0.312 e. The molecule has 7 heterocycles. The van der Waals surface area contributed by atoms with Crippen LogP contribution in [0.2, 0.25) is 72.5 Å². The summed E-state index contributed by atoms with van der Waals surface area (Å²) in [6.45, 7) is 54.9. The Labute approximate surface area is 836 Å². The zero-order valence-electron chi connectivity index (χ0n) is 84.9. The Bertz CT molecular complexity index is 5340. The molecule has 4 aromatic rings. The fraction of sp³-hybridized carbons (Fsp3) is 0.717. The highest BCUT2D eigenvalue weighted by Crippen LogP contribution is 2.46. The van der Waals surface area contributed by atoms with Crippen molar-refractivity contribution in [2.45, 2.75) is 345 Å². The van der Waals surface area contributed by atoms with Gasteiger partial charge >= 0.3 is 11.9 Å². The van der Waals surface area contributed by atoms with Gasteiger partial charge in [-0.05, 0) is 233 Å². The van der Waals surface area contributed by atoms with Crippen LogP contribution in [0.25, 0.3) is 0 Å². The third kappa shape index (κ3) is 26.7. The van der Waals surface area contributed by atoms with Crippen molar-refractivity contribution >= 4 is 185 Å². The van der Waals surface area contributed by atoms with E-state index in [0.29, 0.717) is 45.4 Å². The summed E-state index contributed by atoms with van der Waals surface area (Å²) in [4.78, 5) is 58.0. The number of esters is 2. The van der Waals surface area contributed by atoms with Crippen LogP contribution < -0.4 is 32.2 Å². The quantitative estimate of drug-likeness (QED) is 0.0108. The summed E-state index contributed by atoms with van der Waals surface area (Å²) in [5.41, 5.74) is 7.13. The minimum Gasteiger partial charge on any atom is -0.460 e. The number of carbonyl (C=O) groups excluding carboxylic acids is 2. The Morgan fingerprint density at radius 2 is 0.716 bits per heavy atom. The number of halogens is 8. The van der Waals surface area contributed by atoms with E-state index in [1.165, 1.54) is 13.8 Å². The maximum atomic E-state index is 16.5. The second kappa shape index (κ2) is 47.4. The first kappa shape index (κ1) is 122. The lowest BCUT2D eigenvalue weighted by Gasteiger charge is -2.42. The summed E-state index contributed by atoms with van der Waals surface area (Å²) in [7, 11) is -20.8. The standard InChI is InChI=1S/2C26H43BrFN3O4SSi.2C20H34BrFN4O2SSi/c2*1-10-37(11-2,12-3)18-15-20(27)30-23(22(18)28)26(9)17-36(34,29-13-14-32)25(7,8)19(31-26)16-21(33)35-24(4,5)6;1-7-30(8-2,9-3)14-12-15(21)25-17(16(14)22)20(6)13-29(28,24-10-11-27)19(4,5)18(23)26-20;1-7-30(8-2,9-3)15-12-16(21)26-18(17(15)22)20(6,24)14-29(28,25-10-11-27)19(4,5)13-23/h2*15,32H,10-14,16-17H2,1-9H3;12,27H,7-11,13H2,1-6H3,(H2,23,26);12,27H,7-11,14,24H2,1-6H3/t26-,36+;26-,36-;2*20-,29?/m0000/s1. The number of nitrogens with zero attached hydrogens (tertiary/aromatic N) is 12. The summed E-state index contributed by atoms with van der Waals surface area (Å²) in [6.07, 6.45) is -0.406. The van der Waals surface area contributed by atoms with Crippen LogP contribution in [0, 0.1) is 34.6 Å². The van der Waals surface area contributed by atoms with Crippen molar-refractivity contribution in [3.05, 3.63) is 88.7 Å². The van der Waals surface area contributed by atoms with Gasteiger partial charge in [0.15, 0.2) is 0 Å². The number of aliphatic imine (C=N–C) groups is 3. The molecule has 2 unspecified atom stereocenters. The van der Waals surface area contributed by atoms with Gasteiger partial charge < -0.3 is 41.4 Å². The van der Waals surface area contributed by atoms with Crippen LogP contribution >= 0.6 is 63.7 Å². The third-order valence-corrected chi connectivity index (χ3v) is 65.1. The van der Waals surface area contributed by atoms with E-state index >= 15 is 17.6 Å². The normalized spacial score (nSPS) is 22.8. The number of nitriles is 1. The minimum absolute atomic E-state index is 0.00750. The predicted octanol–water partition coefficient (Wildman–Crippen LogP) is 17.8. The number of amidine groups is 1. The molecule has 0 radical (unpaired) electrons. The first-order chi connectivity index (χ1) is 61.5. The SMILES string of the molecule is CC[Si](CC)(CC)c1cc(Br)nc([C@@](C)(N)CS(=O)(=NCCO)C(C)(C)C#N)c1F.CC[Si](CC)(CC)c1cc(Br)nc([C@]2(C)CS(=O)(=NCCO)C(C)(C)C(N)=N2)c1F.CC[Si](CC)(CC)c1cc(Br)nc([C@]2(C)C[S@@](=O)(=NCCO)C(C)(C)C(CC(=O)OC(C)(C)C)=N2)c1F.CC[Si](CC)(CC)c1cc(Br)nc([C@]2(C)C[S@](=O)(=NCCO)C(C)(C)C(CC(=O)OC(C)(C)C)=N2)c1F. The predicted molar refractivity (Wildman–Crippen MR) is 567 cm³/mol. The van der Waals surface area contributed by atoms with Gasteiger partial charge in [0.25, 0.3) is 0 Å². The Kier molecular flexibility index (Phi) is 43.3. The van der Waals surface area contributed by atoms with Crippen LogP contribution in [0.5, 0.6) is 0 Å². The molecule has 8 N–H and O–H groups in total. The molecule has 0 bridgehead atoms. The van der Waals surface area contributed by atoms with E-state index in [1.54, 1.807) is 135 Å². The Morgan fingerprint density at radius 1 is 0.463 bits per heavy atom. The second-order valence-electron chi connectivity index (χ2n) is 40.0. The van der Waals surface area contributed by atoms with Crippen molar-refractivity contribution < 1.29 is 73.9 Å². The van der Waals surface area contributed by atoms with Crippen molar-refractivity contribution in [2.75, 3.05) is 75.6 Å². The molecule has 3 aliphatic heterocycles. The molecule has 4 aromatic heterocycles. The zero-order valence-corrected chi connectivity index (χ0v) is 98.5. The van der Waals surface area contributed by atoms with Gasteiger partial charge in [0.1, 0.15) is 102 Å². The van der Waals surface area contributed by atoms with E-state index in [-0.39, 0.29) is 123 Å². The van der Waals surface area contributed by atoms with Gasteiger partial charge in [0.2, 0.25) is 0 Å². The van der Waals surface area contributed by atoms with Crippen molar-refractivity contribution in [1.82, 2.24) is 19.9 Å². The molecule has 0 amide bonds. The van der Waals surface area contributed by atoms with Crippen molar-refractivity contribution in [3.63, 3.8) is 0 Å². The van der Waals surface area contributed by atoms with Gasteiger partial charge in [-0.3, -0.25) is 24.6 Å². The molecule has 0 fully saturated rings. The third-order valence-electron chi connectivity index (χ3n) is 27.8. The highest BCUT2D eigenvalue weighted by molar-refractivity contribution is 9.11. The van der Waals surface area contributed by atoms with Crippen LogP contribution in [0.3, 0.4) is 0 Å². The van der Waals surface area contributed by atoms with Crippen LogP contribution in [-0.2, 0) is 80.1 Å². The number of rotatable bonds is 35. The number of nitrogens with two attached hydrogens (primary N) is 2. The number of aromatic nitrogens is 4. The number of aliphatic hydroxyl groups is 4. The molecular formula is C92H154Br4F4N14O12S4Si4. The molecule has 0 saturated heterocycles. The van der Waals surface area contributed by atoms with Gasteiger partial charge in [-0.2, -0.15) is 5.26 Å². The van der Waals surface area contributed by atoms with Gasteiger partial charge in [0.05, 0.1) is 186 Å². The molecule has 0 saturated carbocycles. The van der Waals surface area contributed by atoms with Crippen molar-refractivity contribution in [2.24, 2.45) is 43.9 Å². The van der Waals surface area contributed by atoms with Gasteiger partial charge in [-0.25, -0.2) is 71.8 Å². The lowest BCUT2D eigenvalue weighted by Crippen LogP contribution is -2.56. The summed E-state index contributed by atoms with van der Waals surface area (Å²) in [6, 6.07) is 19.9. The molecule has 0 aromatic carbocycles. The molecule has 3 aliphatic rings. The fourth-order valence-electron chi connectivity index (χ4n) is 18.1. The molecule has 0 spiro atoms. The molecule has 134 heavy (non-hydrogen) atoms. The number of ether oxygens (including phenoxy) is 2. The van der Waals surface area contributed by atoms with E-state index in [9.17, 15) is 47.0 Å². The minimum atomic E-state index is -3.21. The average Bonchev–Trinajstić information content (AvgIpc) is 0.729. The molecule has 8 atom stereocenters. The molecule has 760 valence electrons. The average molecular weight is 2280 g/mol. The summed E-state index contributed by atoms with van der Waals surface area (Å²) < 4.78 is 147. The summed E-state index contributed by atoms with van der Waals surface area (Å²) in [5.74, 6) is -2.90. The number of pyridine rings is 4. The van der Waals surface area contributed by atoms with E-state index in [4.69, 9.17) is 36.0 Å². The van der Waals surface area contributed by atoms with Crippen molar-refractivity contribution in [3.8, 4) is 6.07 Å². The van der Waals surface area contributed by atoms with Gasteiger partial charge in [-0.1, -0.05) is 156 Å². The first-order valence-corrected chi connectivity index (χ1v) is 66.8. The number of aliphatic hydroxyl groups excluding tert-OH is 4. The highest BCUT2D eigenvalue weighted by Gasteiger charge is 2.55. The molecule has 26 nitrogen and oxygen atoms in total. The summed E-state index contributed by atoms with van der Waals surface area (Å²) >= 11 is 13.9. The smallest absolute Gasteiger partial charge is 0.312 e. The van der Waals surface area contributed by atoms with Gasteiger partial charge in [-0.15, -0.1) is 0 Å². The highest BCUT2D eigenvalue weighted by atomic mass is 79.9. The lowest BCUT2D eigenvalue weighted by atomic mass is 9.95. The fourth-order valence-corrected chi connectivity index (χ4v) is 45.1. The number of carbonyl (C=O) groups is 2. The first-order valence-electron chi connectivity index (χ1n) is 46.4. The van der Waals surface area contributed by atoms with Gasteiger partial charge in [0, 0.05) is 11.4 Å². The Hall–Kier alpha value is -4.05. The summed E-state index contributed by atoms with van der Waals surface area (Å²) in [5, 5.41) is 49.6.